The zero-order valence-electron chi connectivity index (χ0n) is 22.5. The lowest BCUT2D eigenvalue weighted by atomic mass is 9.92. The van der Waals surface area contributed by atoms with Crippen molar-refractivity contribution >= 4 is 23.4 Å². The van der Waals surface area contributed by atoms with Crippen molar-refractivity contribution in [1.29, 1.82) is 0 Å². The molecule has 3 aromatic rings. The molecule has 0 aliphatic heterocycles. The van der Waals surface area contributed by atoms with E-state index in [1.807, 2.05) is 37.3 Å². The largest absolute Gasteiger partial charge is 0.497 e. The Hall–Kier alpha value is -3.85. The highest BCUT2D eigenvalue weighted by molar-refractivity contribution is 5.96. The molecule has 9 nitrogen and oxygen atoms in total. The first-order valence-corrected chi connectivity index (χ1v) is 12.3. The van der Waals surface area contributed by atoms with Crippen molar-refractivity contribution in [3.8, 4) is 11.4 Å². The van der Waals surface area contributed by atoms with Crippen LogP contribution in [0.2, 0.25) is 0 Å². The molecule has 198 valence electrons. The lowest BCUT2D eigenvalue weighted by Crippen LogP contribution is -2.41. The van der Waals surface area contributed by atoms with Gasteiger partial charge in [0.25, 0.3) is 0 Å². The second-order valence-corrected chi connectivity index (χ2v) is 9.89. The number of aromatic nitrogens is 2. The Morgan fingerprint density at radius 3 is 2.41 bits per heavy atom. The molecule has 1 heterocycles. The molecule has 37 heavy (non-hydrogen) atoms. The molecule has 0 bridgehead atoms. The van der Waals surface area contributed by atoms with Gasteiger partial charge in [-0.25, -0.2) is 9.48 Å². The summed E-state index contributed by atoms with van der Waals surface area (Å²) in [5, 5.41) is 10.6. The van der Waals surface area contributed by atoms with Gasteiger partial charge < -0.3 is 25.0 Å². The summed E-state index contributed by atoms with van der Waals surface area (Å²) in [6, 6.07) is 16.5. The number of rotatable bonds is 10. The fourth-order valence-electron chi connectivity index (χ4n) is 3.63. The van der Waals surface area contributed by atoms with Gasteiger partial charge in [-0.05, 0) is 37.6 Å². The topological polar surface area (TPSA) is 97.7 Å². The molecule has 0 spiro atoms. The predicted octanol–water partition coefficient (Wildman–Crippen LogP) is 5.00. The molecule has 0 unspecified atom stereocenters. The Balaban J connectivity index is 1.80. The Bertz CT molecular complexity index is 1200. The smallest absolute Gasteiger partial charge is 0.322 e. The van der Waals surface area contributed by atoms with E-state index in [1.165, 1.54) is 4.90 Å². The second-order valence-electron chi connectivity index (χ2n) is 9.89. The van der Waals surface area contributed by atoms with Crippen LogP contribution < -0.4 is 15.4 Å². The molecular formula is C28H37N5O4. The summed E-state index contributed by atoms with van der Waals surface area (Å²) < 4.78 is 12.1. The molecule has 0 fully saturated rings. The van der Waals surface area contributed by atoms with Gasteiger partial charge in [0, 0.05) is 43.5 Å². The minimum Gasteiger partial charge on any atom is -0.497 e. The average Bonchev–Trinajstić information content (AvgIpc) is 3.28. The fourth-order valence-corrected chi connectivity index (χ4v) is 3.63. The Morgan fingerprint density at radius 2 is 1.76 bits per heavy atom. The molecule has 0 saturated carbocycles. The highest BCUT2D eigenvalue weighted by Gasteiger charge is 2.23. The molecule has 0 atom stereocenters. The zero-order valence-corrected chi connectivity index (χ0v) is 22.5. The van der Waals surface area contributed by atoms with Crippen LogP contribution in [0.5, 0.6) is 5.75 Å². The Kier molecular flexibility index (Phi) is 9.30. The zero-order chi connectivity index (χ0) is 27.0. The minimum atomic E-state index is -0.387. The molecule has 0 radical (unpaired) electrons. The van der Waals surface area contributed by atoms with Crippen LogP contribution in [0, 0.1) is 6.92 Å². The second kappa shape index (κ2) is 12.4. The quantitative estimate of drug-likeness (QED) is 0.377. The minimum absolute atomic E-state index is 0.135. The van der Waals surface area contributed by atoms with E-state index in [-0.39, 0.29) is 23.9 Å². The summed E-state index contributed by atoms with van der Waals surface area (Å²) in [4.78, 5) is 27.7. The molecule has 0 aliphatic carbocycles. The number of anilines is 2. The van der Waals surface area contributed by atoms with E-state index in [0.717, 1.165) is 16.9 Å². The predicted molar refractivity (Wildman–Crippen MR) is 146 cm³/mol. The molecule has 0 saturated heterocycles. The van der Waals surface area contributed by atoms with Gasteiger partial charge in [-0.1, -0.05) is 44.5 Å². The Morgan fingerprint density at radius 1 is 1.03 bits per heavy atom. The van der Waals surface area contributed by atoms with Gasteiger partial charge in [0.15, 0.2) is 0 Å². The van der Waals surface area contributed by atoms with Crippen molar-refractivity contribution in [2.45, 2.75) is 39.5 Å². The van der Waals surface area contributed by atoms with Crippen molar-refractivity contribution in [3.63, 3.8) is 0 Å². The van der Waals surface area contributed by atoms with E-state index >= 15 is 0 Å². The normalized spacial score (nSPS) is 11.2. The summed E-state index contributed by atoms with van der Waals surface area (Å²) >= 11 is 0. The van der Waals surface area contributed by atoms with Crippen LogP contribution in [-0.4, -0.2) is 60.5 Å². The highest BCUT2D eigenvalue weighted by atomic mass is 16.5. The van der Waals surface area contributed by atoms with Gasteiger partial charge >= 0.3 is 6.03 Å². The van der Waals surface area contributed by atoms with Gasteiger partial charge in [-0.15, -0.1) is 0 Å². The van der Waals surface area contributed by atoms with Crippen molar-refractivity contribution in [1.82, 2.24) is 14.7 Å². The third-order valence-corrected chi connectivity index (χ3v) is 5.74. The number of hydrogen-bond donors (Lipinski definition) is 2. The number of urea groups is 1. The van der Waals surface area contributed by atoms with E-state index < -0.39 is 0 Å². The molecule has 2 aromatic carbocycles. The first kappa shape index (κ1) is 27.7. The monoisotopic (exact) mass is 507 g/mol. The number of nitrogens with one attached hydrogen (secondary N) is 2. The first-order chi connectivity index (χ1) is 17.6. The number of carbonyl (C=O) groups is 2. The van der Waals surface area contributed by atoms with E-state index in [0.29, 0.717) is 36.8 Å². The number of ether oxygens (including phenoxy) is 2. The van der Waals surface area contributed by atoms with E-state index in [4.69, 9.17) is 14.6 Å². The van der Waals surface area contributed by atoms with E-state index in [1.54, 1.807) is 43.2 Å². The van der Waals surface area contributed by atoms with Crippen LogP contribution in [-0.2, 0) is 14.9 Å². The van der Waals surface area contributed by atoms with Gasteiger partial charge in [0.2, 0.25) is 5.91 Å². The van der Waals surface area contributed by atoms with Crippen molar-refractivity contribution < 1.29 is 19.1 Å². The number of nitrogens with zero attached hydrogens (tertiary/aromatic N) is 3. The summed E-state index contributed by atoms with van der Waals surface area (Å²) in [5.74, 6) is 0.844. The highest BCUT2D eigenvalue weighted by Crippen LogP contribution is 2.26. The van der Waals surface area contributed by atoms with Gasteiger partial charge in [-0.3, -0.25) is 4.79 Å². The number of aryl methyl sites for hydroxylation is 1. The number of methoxy groups -OCH3 is 2. The van der Waals surface area contributed by atoms with Crippen molar-refractivity contribution in [2.75, 3.05) is 44.5 Å². The molecular weight excluding hydrogens is 470 g/mol. The van der Waals surface area contributed by atoms with Crippen LogP contribution >= 0.6 is 0 Å². The van der Waals surface area contributed by atoms with Crippen LogP contribution in [0.3, 0.4) is 0 Å². The number of hydrogen-bond acceptors (Lipinski definition) is 5. The van der Waals surface area contributed by atoms with Crippen LogP contribution in [0.15, 0.2) is 54.6 Å². The lowest BCUT2D eigenvalue weighted by Gasteiger charge is -2.23. The summed E-state index contributed by atoms with van der Waals surface area (Å²) in [5.41, 5.74) is 3.18. The maximum atomic E-state index is 13.2. The van der Waals surface area contributed by atoms with Gasteiger partial charge in [0.05, 0.1) is 18.5 Å². The third-order valence-electron chi connectivity index (χ3n) is 5.74. The number of carbonyl (C=O) groups excluding carboxylic acids is 2. The summed E-state index contributed by atoms with van der Waals surface area (Å²) in [6.07, 6.45) is 0.588. The summed E-state index contributed by atoms with van der Waals surface area (Å²) in [6.45, 7) is 8.91. The average molecular weight is 508 g/mol. The molecule has 3 rings (SSSR count). The van der Waals surface area contributed by atoms with Gasteiger partial charge in [-0.2, -0.15) is 5.10 Å². The van der Waals surface area contributed by atoms with Crippen LogP contribution in [0.1, 0.15) is 38.4 Å². The maximum absolute atomic E-state index is 13.2. The van der Waals surface area contributed by atoms with E-state index in [2.05, 4.69) is 31.4 Å². The molecule has 3 amide bonds. The van der Waals surface area contributed by atoms with Gasteiger partial charge in [0.1, 0.15) is 18.1 Å². The molecule has 2 N–H and O–H groups in total. The first-order valence-electron chi connectivity index (χ1n) is 12.3. The van der Waals surface area contributed by atoms with Crippen molar-refractivity contribution in [2.24, 2.45) is 0 Å². The maximum Gasteiger partial charge on any atom is 0.322 e. The number of amides is 3. The van der Waals surface area contributed by atoms with Crippen LogP contribution in [0.25, 0.3) is 5.69 Å². The van der Waals surface area contributed by atoms with E-state index in [9.17, 15) is 9.59 Å². The lowest BCUT2D eigenvalue weighted by molar-refractivity contribution is -0.116. The Labute approximate surface area is 218 Å². The molecule has 0 aliphatic rings. The van der Waals surface area contributed by atoms with Crippen LogP contribution in [0.4, 0.5) is 16.3 Å². The summed E-state index contributed by atoms with van der Waals surface area (Å²) in [7, 11) is 3.17. The molecule has 1 aromatic heterocycles. The SMILES string of the molecule is COCCCN(CC(=O)Nc1cc(C(C)(C)C)nn1-c1ccc(C)cc1)C(=O)Nc1cccc(OC)c1. The third kappa shape index (κ3) is 7.82. The number of benzene rings is 2. The standard InChI is InChI=1S/C28H37N5O4/c1-20-11-13-22(14-12-20)33-25(18-24(31-33)28(2,3)4)30-26(34)19-32(15-8-16-36-5)27(35)29-21-9-7-10-23(17-21)37-6/h7,9-14,17-18H,8,15-16,19H2,1-6H3,(H,29,35)(H,30,34). The fraction of sp³-hybridized carbons (Fsp3) is 0.393. The molecule has 9 heteroatoms. The van der Waals surface area contributed by atoms with Crippen molar-refractivity contribution in [3.05, 3.63) is 65.9 Å².